The second-order valence-electron chi connectivity index (χ2n) is 5.90. The standard InChI is InChI=1S/C16H15F4N3O3/c1-25-15(24)8-2-3-9-12(4-8)22-23-14(9)10-5-13(21-6-11(10)17)26-7-16(18,19)20/h5-6,8H,2-4,7H2,1H3,(H,22,23)/t8-/m1/s1. The molecule has 1 atom stereocenters. The van der Waals surface area contributed by atoms with Gasteiger partial charge >= 0.3 is 12.1 Å². The molecular formula is C16H15F4N3O3. The number of alkyl halides is 3. The number of pyridine rings is 1. The van der Waals surface area contributed by atoms with Crippen molar-refractivity contribution in [1.82, 2.24) is 15.2 Å². The van der Waals surface area contributed by atoms with E-state index in [0.717, 1.165) is 17.8 Å². The second-order valence-corrected chi connectivity index (χ2v) is 5.90. The minimum atomic E-state index is -4.52. The number of rotatable bonds is 4. The number of hydrogen-bond donors (Lipinski definition) is 1. The molecule has 0 radical (unpaired) electrons. The molecule has 0 bridgehead atoms. The molecule has 0 unspecified atom stereocenters. The van der Waals surface area contributed by atoms with Crippen LogP contribution in [0.25, 0.3) is 11.3 Å². The molecular weight excluding hydrogens is 358 g/mol. The Morgan fingerprint density at radius 2 is 2.19 bits per heavy atom. The molecule has 1 aliphatic carbocycles. The maximum absolute atomic E-state index is 14.2. The molecule has 10 heteroatoms. The van der Waals surface area contributed by atoms with E-state index >= 15 is 0 Å². The zero-order chi connectivity index (χ0) is 18.9. The van der Waals surface area contributed by atoms with Crippen LogP contribution < -0.4 is 4.74 Å². The number of carbonyl (C=O) groups is 1. The third kappa shape index (κ3) is 3.78. The monoisotopic (exact) mass is 373 g/mol. The quantitative estimate of drug-likeness (QED) is 0.659. The number of esters is 1. The second kappa shape index (κ2) is 6.93. The van der Waals surface area contributed by atoms with Crippen LogP contribution in [0.3, 0.4) is 0 Å². The molecule has 0 aliphatic heterocycles. The van der Waals surface area contributed by atoms with Crippen molar-refractivity contribution in [3.8, 4) is 17.1 Å². The highest BCUT2D eigenvalue weighted by atomic mass is 19.4. The van der Waals surface area contributed by atoms with Crippen LogP contribution in [0.2, 0.25) is 0 Å². The van der Waals surface area contributed by atoms with Crippen molar-refractivity contribution >= 4 is 5.97 Å². The van der Waals surface area contributed by atoms with Crippen LogP contribution in [0.4, 0.5) is 17.6 Å². The van der Waals surface area contributed by atoms with E-state index in [0.29, 0.717) is 25.0 Å². The molecule has 140 valence electrons. The summed E-state index contributed by atoms with van der Waals surface area (Å²) in [6.07, 6.45) is -2.39. The van der Waals surface area contributed by atoms with Gasteiger partial charge in [-0.2, -0.15) is 18.3 Å². The Kier molecular flexibility index (Phi) is 4.84. The van der Waals surface area contributed by atoms with Crippen molar-refractivity contribution in [2.24, 2.45) is 5.92 Å². The minimum Gasteiger partial charge on any atom is -0.469 e. The van der Waals surface area contributed by atoms with Crippen LogP contribution in [0.1, 0.15) is 17.7 Å². The summed E-state index contributed by atoms with van der Waals surface area (Å²) >= 11 is 0. The zero-order valence-corrected chi connectivity index (χ0v) is 13.7. The van der Waals surface area contributed by atoms with E-state index in [1.165, 1.54) is 7.11 Å². The molecule has 26 heavy (non-hydrogen) atoms. The third-order valence-corrected chi connectivity index (χ3v) is 4.15. The molecule has 1 aliphatic rings. The smallest absolute Gasteiger partial charge is 0.422 e. The topological polar surface area (TPSA) is 77.1 Å². The molecule has 2 aromatic heterocycles. The fourth-order valence-corrected chi connectivity index (χ4v) is 2.93. The molecule has 2 aromatic rings. The summed E-state index contributed by atoms with van der Waals surface area (Å²) in [6.45, 7) is -1.52. The largest absolute Gasteiger partial charge is 0.469 e. The highest BCUT2D eigenvalue weighted by molar-refractivity contribution is 5.74. The zero-order valence-electron chi connectivity index (χ0n) is 13.7. The van der Waals surface area contributed by atoms with Gasteiger partial charge in [-0.3, -0.25) is 9.89 Å². The predicted molar refractivity (Wildman–Crippen MR) is 80.9 cm³/mol. The fourth-order valence-electron chi connectivity index (χ4n) is 2.93. The van der Waals surface area contributed by atoms with Gasteiger partial charge in [0, 0.05) is 29.3 Å². The van der Waals surface area contributed by atoms with Crippen molar-refractivity contribution in [2.45, 2.75) is 25.4 Å². The Hall–Kier alpha value is -2.65. The average Bonchev–Trinajstić information content (AvgIpc) is 3.02. The summed E-state index contributed by atoms with van der Waals surface area (Å²) in [5.41, 5.74) is 1.67. The molecule has 2 heterocycles. The number of aromatic amines is 1. The number of carbonyl (C=O) groups excluding carboxylic acids is 1. The number of halogens is 4. The molecule has 0 saturated carbocycles. The number of fused-ring (bicyclic) bond motifs is 1. The molecule has 0 fully saturated rings. The highest BCUT2D eigenvalue weighted by Gasteiger charge is 2.31. The van der Waals surface area contributed by atoms with Crippen LogP contribution in [0.5, 0.6) is 5.88 Å². The predicted octanol–water partition coefficient (Wildman–Crippen LogP) is 2.83. The van der Waals surface area contributed by atoms with Gasteiger partial charge in [0.25, 0.3) is 0 Å². The number of H-pyrrole nitrogens is 1. The van der Waals surface area contributed by atoms with E-state index in [-0.39, 0.29) is 29.0 Å². The number of hydrogen-bond acceptors (Lipinski definition) is 5. The lowest BCUT2D eigenvalue weighted by Gasteiger charge is -2.20. The number of methoxy groups -OCH3 is 1. The first-order chi connectivity index (χ1) is 12.3. The molecule has 0 amide bonds. The lowest BCUT2D eigenvalue weighted by Crippen LogP contribution is -2.23. The Bertz CT molecular complexity index is 820. The van der Waals surface area contributed by atoms with Gasteiger partial charge in [0.05, 0.1) is 24.9 Å². The van der Waals surface area contributed by atoms with E-state index in [1.807, 2.05) is 0 Å². The van der Waals surface area contributed by atoms with Gasteiger partial charge < -0.3 is 9.47 Å². The summed E-state index contributed by atoms with van der Waals surface area (Å²) in [6, 6.07) is 1.09. The van der Waals surface area contributed by atoms with Gasteiger partial charge in [-0.25, -0.2) is 9.37 Å². The summed E-state index contributed by atoms with van der Waals surface area (Å²) < 4.78 is 60.3. The first-order valence-electron chi connectivity index (χ1n) is 7.78. The Morgan fingerprint density at radius 1 is 1.42 bits per heavy atom. The lowest BCUT2D eigenvalue weighted by atomic mass is 9.86. The van der Waals surface area contributed by atoms with Crippen molar-refractivity contribution in [3.05, 3.63) is 29.3 Å². The molecule has 1 N–H and O–H groups in total. The van der Waals surface area contributed by atoms with Gasteiger partial charge in [-0.05, 0) is 12.8 Å². The minimum absolute atomic E-state index is 0.00816. The molecule has 6 nitrogen and oxygen atoms in total. The summed E-state index contributed by atoms with van der Waals surface area (Å²) in [7, 11) is 1.31. The first-order valence-corrected chi connectivity index (χ1v) is 7.78. The number of nitrogens with one attached hydrogen (secondary N) is 1. The van der Waals surface area contributed by atoms with Gasteiger partial charge in [-0.15, -0.1) is 0 Å². The average molecular weight is 373 g/mol. The summed E-state index contributed by atoms with van der Waals surface area (Å²) in [5.74, 6) is -1.72. The molecule has 0 saturated heterocycles. The van der Waals surface area contributed by atoms with Crippen LogP contribution in [-0.2, 0) is 22.4 Å². The van der Waals surface area contributed by atoms with Crippen LogP contribution in [0, 0.1) is 11.7 Å². The first kappa shape index (κ1) is 18.2. The van der Waals surface area contributed by atoms with Gasteiger partial charge in [0.1, 0.15) is 0 Å². The fraction of sp³-hybridized carbons (Fsp3) is 0.438. The van der Waals surface area contributed by atoms with Crippen LogP contribution in [0.15, 0.2) is 12.3 Å². The normalized spacial score (nSPS) is 16.9. The third-order valence-electron chi connectivity index (χ3n) is 4.15. The molecule has 3 rings (SSSR count). The number of aromatic nitrogens is 3. The van der Waals surface area contributed by atoms with E-state index < -0.39 is 18.6 Å². The van der Waals surface area contributed by atoms with Crippen molar-refractivity contribution in [1.29, 1.82) is 0 Å². The van der Waals surface area contributed by atoms with Gasteiger partial charge in [0.15, 0.2) is 12.4 Å². The Balaban J connectivity index is 1.87. The summed E-state index contributed by atoms with van der Waals surface area (Å²) in [4.78, 5) is 15.2. The van der Waals surface area contributed by atoms with Crippen LogP contribution in [-0.4, -0.2) is 41.0 Å². The van der Waals surface area contributed by atoms with Crippen molar-refractivity contribution < 1.29 is 31.8 Å². The maximum Gasteiger partial charge on any atom is 0.422 e. The van der Waals surface area contributed by atoms with E-state index in [2.05, 4.69) is 19.9 Å². The molecule has 0 aromatic carbocycles. The Labute approximate surface area is 145 Å². The highest BCUT2D eigenvalue weighted by Crippen LogP contribution is 2.34. The SMILES string of the molecule is COC(=O)[C@@H]1CCc2c(-c3cc(OCC(F)(F)F)ncc3F)n[nH]c2C1. The molecule has 0 spiro atoms. The van der Waals surface area contributed by atoms with Crippen molar-refractivity contribution in [2.75, 3.05) is 13.7 Å². The van der Waals surface area contributed by atoms with E-state index in [9.17, 15) is 22.4 Å². The van der Waals surface area contributed by atoms with E-state index in [1.54, 1.807) is 0 Å². The van der Waals surface area contributed by atoms with Gasteiger partial charge in [-0.1, -0.05) is 0 Å². The Morgan fingerprint density at radius 3 is 2.88 bits per heavy atom. The lowest BCUT2D eigenvalue weighted by molar-refractivity contribution is -0.154. The van der Waals surface area contributed by atoms with Gasteiger partial charge in [0.2, 0.25) is 5.88 Å². The number of nitrogens with zero attached hydrogens (tertiary/aromatic N) is 2. The number of ether oxygens (including phenoxy) is 2. The van der Waals surface area contributed by atoms with Crippen molar-refractivity contribution in [3.63, 3.8) is 0 Å². The maximum atomic E-state index is 14.2. The van der Waals surface area contributed by atoms with Crippen LogP contribution >= 0.6 is 0 Å². The summed E-state index contributed by atoms with van der Waals surface area (Å²) in [5, 5.41) is 6.85. The van der Waals surface area contributed by atoms with E-state index in [4.69, 9.17) is 4.74 Å².